The van der Waals surface area contributed by atoms with E-state index in [9.17, 15) is 0 Å². The Kier molecular flexibility index (Phi) is 3.58. The monoisotopic (exact) mass is 352 g/mol. The third-order valence-electron chi connectivity index (χ3n) is 2.32. The normalized spacial score (nSPS) is 13.4. The molecular weight excluding hydrogens is 334 g/mol. The van der Waals surface area contributed by atoms with E-state index in [2.05, 4.69) is 14.6 Å². The number of hydrogen-bond acceptors (Lipinski definition) is 2. The molecule has 0 aliphatic rings. The van der Waals surface area contributed by atoms with E-state index in [-0.39, 0.29) is 0 Å². The van der Waals surface area contributed by atoms with Gasteiger partial charge in [0.15, 0.2) is 0 Å². The van der Waals surface area contributed by atoms with Gasteiger partial charge < -0.3 is 0 Å². The summed E-state index contributed by atoms with van der Waals surface area (Å²) in [5.41, 5.74) is 0. The van der Waals surface area contributed by atoms with Crippen LogP contribution >= 0.6 is 0 Å². The van der Waals surface area contributed by atoms with E-state index >= 15 is 0 Å². The fourth-order valence-electron chi connectivity index (χ4n) is 1.70. The molecule has 0 bridgehead atoms. The number of benzene rings is 2. The van der Waals surface area contributed by atoms with Crippen molar-refractivity contribution in [3.63, 3.8) is 0 Å². The standard InChI is InChI=1S/2C6H6O.3CH3.Sb/c2*7-6-4-2-1-3-5-6;;;;/h2*1-5,7H;3*1H3;/q;;;;;+2/p-2. The van der Waals surface area contributed by atoms with E-state index in [1.54, 1.807) is 0 Å². The van der Waals surface area contributed by atoms with E-state index in [4.69, 9.17) is 6.03 Å². The minimum absolute atomic E-state index is 0.878. The van der Waals surface area contributed by atoms with Gasteiger partial charge in [0, 0.05) is 0 Å². The zero-order valence-electron chi connectivity index (χ0n) is 11.0. The Morgan fingerprint density at radius 2 is 0.944 bits per heavy atom. The summed E-state index contributed by atoms with van der Waals surface area (Å²) in [6, 6.07) is 19.7. The van der Waals surface area contributed by atoms with Crippen LogP contribution in [0.3, 0.4) is 0 Å². The fourth-order valence-corrected chi connectivity index (χ4v) is 6.60. The summed E-state index contributed by atoms with van der Waals surface area (Å²) >= 11 is -3.49. The topological polar surface area (TPSA) is 18.5 Å². The van der Waals surface area contributed by atoms with Gasteiger partial charge in [0.1, 0.15) is 0 Å². The first kappa shape index (κ1) is 13.3. The van der Waals surface area contributed by atoms with Crippen molar-refractivity contribution in [2.75, 3.05) is 0 Å². The van der Waals surface area contributed by atoms with Crippen LogP contribution < -0.4 is 6.03 Å². The first-order valence-corrected chi connectivity index (χ1v) is 15.7. The molecule has 3 heteroatoms. The molecule has 0 aliphatic carbocycles. The second-order valence-electron chi connectivity index (χ2n) is 5.32. The number of hydrogen-bond donors (Lipinski definition) is 0. The quantitative estimate of drug-likeness (QED) is 0.758. The molecule has 2 nitrogen and oxygen atoms in total. The van der Waals surface area contributed by atoms with Crippen molar-refractivity contribution in [2.45, 2.75) is 14.6 Å². The van der Waals surface area contributed by atoms with Crippen molar-refractivity contribution >= 4 is 18.2 Å². The summed E-state index contributed by atoms with van der Waals surface area (Å²) in [6.45, 7) is 0. The minimum atomic E-state index is -3.49. The summed E-state index contributed by atoms with van der Waals surface area (Å²) in [5, 5.41) is 0. The van der Waals surface area contributed by atoms with Crippen LogP contribution in [0.2, 0.25) is 14.6 Å². The molecular formula is C15H19O2Sb. The molecule has 96 valence electrons. The van der Waals surface area contributed by atoms with E-state index in [1.165, 1.54) is 0 Å². The number of rotatable bonds is 4. The van der Waals surface area contributed by atoms with Crippen LogP contribution in [0.4, 0.5) is 0 Å². The first-order valence-electron chi connectivity index (χ1n) is 5.94. The Morgan fingerprint density at radius 1 is 0.611 bits per heavy atom. The molecule has 0 atom stereocenters. The Labute approximate surface area is 111 Å². The number of para-hydroxylation sites is 2. The van der Waals surface area contributed by atoms with Gasteiger partial charge in [0.05, 0.1) is 0 Å². The summed E-state index contributed by atoms with van der Waals surface area (Å²) in [5.74, 6) is 1.76. The average Bonchev–Trinajstić information content (AvgIpc) is 2.29. The summed E-state index contributed by atoms with van der Waals surface area (Å²) in [6.07, 6.45) is 0. The van der Waals surface area contributed by atoms with Gasteiger partial charge in [0.25, 0.3) is 0 Å². The molecule has 0 heterocycles. The molecule has 0 spiro atoms. The van der Waals surface area contributed by atoms with Gasteiger partial charge in [-0.3, -0.25) is 0 Å². The van der Waals surface area contributed by atoms with Gasteiger partial charge >= 0.3 is 111 Å². The van der Waals surface area contributed by atoms with Crippen molar-refractivity contribution in [3.05, 3.63) is 60.7 Å². The van der Waals surface area contributed by atoms with Crippen LogP contribution in [0.15, 0.2) is 60.7 Å². The second kappa shape index (κ2) is 4.85. The van der Waals surface area contributed by atoms with Crippen molar-refractivity contribution in [1.29, 1.82) is 0 Å². The SMILES string of the molecule is [CH3][Sb]([CH3])([CH3])([O]c1ccccc1)[O]c1ccccc1. The summed E-state index contributed by atoms with van der Waals surface area (Å²) < 4.78 is 12.3. The molecule has 0 saturated carbocycles. The third kappa shape index (κ3) is 3.96. The molecule has 0 fully saturated rings. The predicted octanol–water partition coefficient (Wildman–Crippen LogP) is 4.43. The van der Waals surface area contributed by atoms with Crippen LogP contribution in [0.1, 0.15) is 0 Å². The Hall–Kier alpha value is -1.14. The zero-order chi connectivity index (χ0) is 13.1. The van der Waals surface area contributed by atoms with Gasteiger partial charge in [-0.15, -0.1) is 0 Å². The van der Waals surface area contributed by atoms with E-state index in [0.29, 0.717) is 0 Å². The van der Waals surface area contributed by atoms with E-state index in [1.807, 2.05) is 60.7 Å². The van der Waals surface area contributed by atoms with E-state index < -0.39 is 18.2 Å². The van der Waals surface area contributed by atoms with Crippen molar-refractivity contribution in [1.82, 2.24) is 0 Å². The molecule has 0 amide bonds. The van der Waals surface area contributed by atoms with Crippen molar-refractivity contribution in [2.24, 2.45) is 0 Å². The Balaban J connectivity index is 2.17. The summed E-state index contributed by atoms with van der Waals surface area (Å²) in [7, 11) is 0. The van der Waals surface area contributed by atoms with Gasteiger partial charge in [-0.2, -0.15) is 0 Å². The second-order valence-corrected chi connectivity index (χ2v) is 20.7. The fraction of sp³-hybridized carbons (Fsp3) is 0.200. The maximum absolute atomic E-state index is 6.17. The zero-order valence-corrected chi connectivity index (χ0v) is 13.6. The third-order valence-corrected chi connectivity index (χ3v) is 7.07. The van der Waals surface area contributed by atoms with Crippen LogP contribution in [0.5, 0.6) is 11.5 Å². The van der Waals surface area contributed by atoms with Crippen molar-refractivity contribution in [3.8, 4) is 11.5 Å². The Bertz CT molecular complexity index is 455. The molecule has 0 unspecified atom stereocenters. The molecule has 0 aromatic heterocycles. The molecule has 2 rings (SSSR count). The van der Waals surface area contributed by atoms with Crippen molar-refractivity contribution < 1.29 is 6.03 Å². The van der Waals surface area contributed by atoms with Gasteiger partial charge in [-0.1, -0.05) is 0 Å². The molecule has 0 aliphatic heterocycles. The molecule has 2 aromatic rings. The molecule has 0 saturated heterocycles. The predicted molar refractivity (Wildman–Crippen MR) is 77.5 cm³/mol. The average molecular weight is 353 g/mol. The van der Waals surface area contributed by atoms with Gasteiger partial charge in [-0.25, -0.2) is 0 Å². The van der Waals surface area contributed by atoms with Crippen LogP contribution in [-0.4, -0.2) is 18.2 Å². The van der Waals surface area contributed by atoms with Crippen LogP contribution in [0.25, 0.3) is 0 Å². The molecule has 0 radical (unpaired) electrons. The van der Waals surface area contributed by atoms with Gasteiger partial charge in [0.2, 0.25) is 0 Å². The summed E-state index contributed by atoms with van der Waals surface area (Å²) in [4.78, 5) is 6.36. The molecule has 0 N–H and O–H groups in total. The van der Waals surface area contributed by atoms with Crippen LogP contribution in [-0.2, 0) is 0 Å². The molecule has 18 heavy (non-hydrogen) atoms. The first-order chi connectivity index (χ1) is 8.42. The van der Waals surface area contributed by atoms with Crippen LogP contribution in [0, 0.1) is 0 Å². The van der Waals surface area contributed by atoms with E-state index in [0.717, 1.165) is 11.5 Å². The maximum atomic E-state index is 6.17. The molecule has 2 aromatic carbocycles. The van der Waals surface area contributed by atoms with Gasteiger partial charge in [-0.05, 0) is 0 Å². The Morgan fingerprint density at radius 3 is 1.28 bits per heavy atom.